The number of rotatable bonds is 8. The summed E-state index contributed by atoms with van der Waals surface area (Å²) in [6.07, 6.45) is 1.67. The number of carbonyl (C=O) groups is 2. The third kappa shape index (κ3) is 5.04. The number of carbonyl (C=O) groups excluding carboxylic acids is 1. The summed E-state index contributed by atoms with van der Waals surface area (Å²) in [6.45, 7) is 5.80. The molecule has 4 rings (SSSR count). The predicted molar refractivity (Wildman–Crippen MR) is 138 cm³/mol. The lowest BCUT2D eigenvalue weighted by molar-refractivity contribution is 0.0697. The molecule has 0 aromatic heterocycles. The summed E-state index contributed by atoms with van der Waals surface area (Å²) in [5, 5.41) is 20.5. The molecule has 5 N–H and O–H groups in total. The minimum Gasteiger partial charge on any atom is -0.478 e. The molecular formula is C28H30N4O3. The Morgan fingerprint density at radius 1 is 1.06 bits per heavy atom. The standard InChI is InChI=1S/C28H30N4O3/c1-3-11-31-27(33)20-5-6-21(23(15-20)22-8-4-17(2)13-24(22)28(34)35)16-32-12-10-18-14-19(26(29)30)7-9-25(18)32/h4-9,13-15H,3,10-12,16H2,1-2H3,(H3,29,30)(H,31,33)(H,34,35). The van der Waals surface area contributed by atoms with Gasteiger partial charge in [-0.15, -0.1) is 0 Å². The smallest absolute Gasteiger partial charge is 0.336 e. The first-order valence-corrected chi connectivity index (χ1v) is 11.8. The van der Waals surface area contributed by atoms with Crippen LogP contribution >= 0.6 is 0 Å². The van der Waals surface area contributed by atoms with Crippen molar-refractivity contribution in [1.29, 1.82) is 5.41 Å². The monoisotopic (exact) mass is 470 g/mol. The third-order valence-corrected chi connectivity index (χ3v) is 6.35. The second-order valence-corrected chi connectivity index (χ2v) is 8.91. The number of carboxylic acids is 1. The quantitative estimate of drug-likeness (QED) is 0.288. The zero-order valence-electron chi connectivity index (χ0n) is 20.0. The van der Waals surface area contributed by atoms with E-state index in [0.717, 1.165) is 47.3 Å². The van der Waals surface area contributed by atoms with Crippen LogP contribution in [0.15, 0.2) is 54.6 Å². The number of hydrogen-bond donors (Lipinski definition) is 4. The molecule has 7 nitrogen and oxygen atoms in total. The van der Waals surface area contributed by atoms with Crippen molar-refractivity contribution < 1.29 is 14.7 Å². The SMILES string of the molecule is CCCNC(=O)c1ccc(CN2CCc3cc(C(=N)N)ccc32)c(-c2ccc(C)cc2C(=O)O)c1. The number of nitrogens with one attached hydrogen (secondary N) is 2. The normalized spacial score (nSPS) is 12.3. The molecule has 0 aliphatic carbocycles. The summed E-state index contributed by atoms with van der Waals surface area (Å²) in [6, 6.07) is 16.7. The van der Waals surface area contributed by atoms with Crippen molar-refractivity contribution in [2.75, 3.05) is 18.0 Å². The van der Waals surface area contributed by atoms with Crippen molar-refractivity contribution in [3.8, 4) is 11.1 Å². The van der Waals surface area contributed by atoms with Crippen molar-refractivity contribution in [3.63, 3.8) is 0 Å². The van der Waals surface area contributed by atoms with Crippen molar-refractivity contribution in [3.05, 3.63) is 88.0 Å². The number of aromatic carboxylic acids is 1. The van der Waals surface area contributed by atoms with Gasteiger partial charge in [0, 0.05) is 36.4 Å². The van der Waals surface area contributed by atoms with Crippen LogP contribution in [0.5, 0.6) is 0 Å². The van der Waals surface area contributed by atoms with Crippen LogP contribution in [0.3, 0.4) is 0 Å². The fourth-order valence-corrected chi connectivity index (χ4v) is 4.52. The molecule has 0 unspecified atom stereocenters. The zero-order chi connectivity index (χ0) is 25.1. The number of nitrogens with two attached hydrogens (primary N) is 1. The van der Waals surface area contributed by atoms with Gasteiger partial charge in [0.15, 0.2) is 0 Å². The van der Waals surface area contributed by atoms with Crippen molar-refractivity contribution in [2.45, 2.75) is 33.2 Å². The Hall–Kier alpha value is -4.13. The number of hydrogen-bond acceptors (Lipinski definition) is 4. The summed E-state index contributed by atoms with van der Waals surface area (Å²) >= 11 is 0. The maximum Gasteiger partial charge on any atom is 0.336 e. The molecule has 7 heteroatoms. The molecule has 1 heterocycles. The maximum absolute atomic E-state index is 12.7. The summed E-state index contributed by atoms with van der Waals surface area (Å²) in [5.41, 5.74) is 12.4. The van der Waals surface area contributed by atoms with Crippen LogP contribution in [0.25, 0.3) is 11.1 Å². The first kappa shape index (κ1) is 24.0. The van der Waals surface area contributed by atoms with Crippen LogP contribution in [-0.4, -0.2) is 35.9 Å². The van der Waals surface area contributed by atoms with Gasteiger partial charge >= 0.3 is 5.97 Å². The number of amides is 1. The van der Waals surface area contributed by atoms with Crippen molar-refractivity contribution in [1.82, 2.24) is 5.32 Å². The lowest BCUT2D eigenvalue weighted by Gasteiger charge is -2.23. The first-order valence-electron chi connectivity index (χ1n) is 11.8. The number of anilines is 1. The number of nitrogens with zero attached hydrogens (tertiary/aromatic N) is 1. The largest absolute Gasteiger partial charge is 0.478 e. The number of benzene rings is 3. The van der Waals surface area contributed by atoms with Crippen LogP contribution in [-0.2, 0) is 13.0 Å². The molecule has 1 amide bonds. The number of fused-ring (bicyclic) bond motifs is 1. The highest BCUT2D eigenvalue weighted by Crippen LogP contribution is 2.34. The Morgan fingerprint density at radius 2 is 1.83 bits per heavy atom. The molecule has 3 aromatic carbocycles. The topological polar surface area (TPSA) is 120 Å². The van der Waals surface area contributed by atoms with Gasteiger partial charge in [0.25, 0.3) is 5.91 Å². The number of aryl methyl sites for hydroxylation is 1. The van der Waals surface area contributed by atoms with E-state index in [1.165, 1.54) is 0 Å². The lowest BCUT2D eigenvalue weighted by atomic mass is 9.92. The van der Waals surface area contributed by atoms with Crippen LogP contribution in [0.1, 0.15) is 56.3 Å². The molecule has 0 bridgehead atoms. The summed E-state index contributed by atoms with van der Waals surface area (Å²) < 4.78 is 0. The second kappa shape index (κ2) is 10.0. The summed E-state index contributed by atoms with van der Waals surface area (Å²) in [5.74, 6) is -1.13. The van der Waals surface area contributed by atoms with E-state index < -0.39 is 5.97 Å². The minimum atomic E-state index is -1.00. The maximum atomic E-state index is 12.7. The molecule has 1 aliphatic rings. The van der Waals surface area contributed by atoms with E-state index in [4.69, 9.17) is 11.1 Å². The Bertz CT molecular complexity index is 1320. The Kier molecular flexibility index (Phi) is 6.87. The predicted octanol–water partition coefficient (Wildman–Crippen LogP) is 4.35. The van der Waals surface area contributed by atoms with E-state index in [-0.39, 0.29) is 17.3 Å². The van der Waals surface area contributed by atoms with E-state index in [1.807, 2.05) is 50.2 Å². The fourth-order valence-electron chi connectivity index (χ4n) is 4.52. The van der Waals surface area contributed by atoms with Crippen LogP contribution in [0.4, 0.5) is 5.69 Å². The molecule has 0 saturated carbocycles. The average Bonchev–Trinajstić information content (AvgIpc) is 3.24. The van der Waals surface area contributed by atoms with Crippen molar-refractivity contribution in [2.24, 2.45) is 5.73 Å². The Balaban J connectivity index is 1.77. The van der Waals surface area contributed by atoms with Crippen LogP contribution < -0.4 is 16.0 Å². The molecule has 0 saturated heterocycles. The lowest BCUT2D eigenvalue weighted by Crippen LogP contribution is -2.24. The highest BCUT2D eigenvalue weighted by Gasteiger charge is 2.23. The van der Waals surface area contributed by atoms with Gasteiger partial charge in [-0.1, -0.05) is 30.7 Å². The molecule has 1 aliphatic heterocycles. The zero-order valence-corrected chi connectivity index (χ0v) is 20.0. The fraction of sp³-hybridized carbons (Fsp3) is 0.250. The molecule has 180 valence electrons. The molecule has 35 heavy (non-hydrogen) atoms. The average molecular weight is 471 g/mol. The molecule has 0 fully saturated rings. The summed E-state index contributed by atoms with van der Waals surface area (Å²) in [4.78, 5) is 27.0. The Morgan fingerprint density at radius 3 is 2.54 bits per heavy atom. The van der Waals surface area contributed by atoms with Gasteiger partial charge in [-0.3, -0.25) is 10.2 Å². The van der Waals surface area contributed by atoms with Crippen molar-refractivity contribution >= 4 is 23.4 Å². The number of carboxylic acid groups (broad SMARTS) is 1. The van der Waals surface area contributed by atoms with Gasteiger partial charge in [-0.25, -0.2) is 4.79 Å². The number of nitrogen functional groups attached to an aromatic ring is 1. The molecular weight excluding hydrogens is 440 g/mol. The second-order valence-electron chi connectivity index (χ2n) is 8.91. The number of amidine groups is 1. The summed E-state index contributed by atoms with van der Waals surface area (Å²) in [7, 11) is 0. The van der Waals surface area contributed by atoms with E-state index in [0.29, 0.717) is 29.8 Å². The van der Waals surface area contributed by atoms with E-state index >= 15 is 0 Å². The highest BCUT2D eigenvalue weighted by molar-refractivity contribution is 6.00. The van der Waals surface area contributed by atoms with Gasteiger partial charge in [-0.2, -0.15) is 0 Å². The first-order chi connectivity index (χ1) is 16.8. The van der Waals surface area contributed by atoms with Gasteiger partial charge in [-0.05, 0) is 78.4 Å². The van der Waals surface area contributed by atoms with E-state index in [2.05, 4.69) is 10.2 Å². The van der Waals surface area contributed by atoms with Gasteiger partial charge in [0.2, 0.25) is 0 Å². The molecule has 0 radical (unpaired) electrons. The molecule has 0 atom stereocenters. The van der Waals surface area contributed by atoms with E-state index in [9.17, 15) is 14.7 Å². The Labute approximate surface area is 205 Å². The van der Waals surface area contributed by atoms with Gasteiger partial charge in [0.1, 0.15) is 5.84 Å². The third-order valence-electron chi connectivity index (χ3n) is 6.35. The highest BCUT2D eigenvalue weighted by atomic mass is 16.4. The molecule has 3 aromatic rings. The van der Waals surface area contributed by atoms with Gasteiger partial charge in [0.05, 0.1) is 5.56 Å². The van der Waals surface area contributed by atoms with Crippen LogP contribution in [0, 0.1) is 12.3 Å². The minimum absolute atomic E-state index is 0.0473. The van der Waals surface area contributed by atoms with Gasteiger partial charge < -0.3 is 21.1 Å². The molecule has 0 spiro atoms. The van der Waals surface area contributed by atoms with Crippen LogP contribution in [0.2, 0.25) is 0 Å². The van der Waals surface area contributed by atoms with E-state index in [1.54, 1.807) is 18.2 Å².